The summed E-state index contributed by atoms with van der Waals surface area (Å²) in [5.41, 5.74) is 0.0501. The maximum absolute atomic E-state index is 11.6. The first-order valence-corrected chi connectivity index (χ1v) is 7.00. The molecule has 0 unspecified atom stereocenters. The maximum Gasteiger partial charge on any atom is 0.355 e. The smallest absolute Gasteiger partial charge is 0.355 e. The van der Waals surface area contributed by atoms with Crippen LogP contribution in [0.2, 0.25) is 0 Å². The third kappa shape index (κ3) is 4.20. The normalized spacial score (nSPS) is 10.4. The average Bonchev–Trinajstić information content (AvgIpc) is 3.07. The summed E-state index contributed by atoms with van der Waals surface area (Å²) in [6.07, 6.45) is 3.05. The minimum atomic E-state index is -1.03. The van der Waals surface area contributed by atoms with E-state index in [0.717, 1.165) is 5.76 Å². The lowest BCUT2D eigenvalue weighted by atomic mass is 10.2. The Balaban J connectivity index is 1.67. The molecule has 6 nitrogen and oxygen atoms in total. The first kappa shape index (κ1) is 14.3. The standard InChI is InChI=1S/C13H14N2O4S/c16-11(4-3-9-2-1-7-19-9)14-6-5-12-15-10(8-20-12)13(17)18/h1-2,7-8H,3-6H2,(H,14,16)(H,17,18). The minimum Gasteiger partial charge on any atom is -0.476 e. The molecule has 2 rings (SSSR count). The van der Waals surface area contributed by atoms with Gasteiger partial charge in [0.15, 0.2) is 5.69 Å². The summed E-state index contributed by atoms with van der Waals surface area (Å²) in [6, 6.07) is 3.62. The summed E-state index contributed by atoms with van der Waals surface area (Å²) in [6.45, 7) is 0.448. The number of nitrogens with one attached hydrogen (secondary N) is 1. The number of thiazole rings is 1. The highest BCUT2D eigenvalue weighted by Crippen LogP contribution is 2.10. The lowest BCUT2D eigenvalue weighted by Crippen LogP contribution is -2.25. The summed E-state index contributed by atoms with van der Waals surface area (Å²) < 4.78 is 5.14. The highest BCUT2D eigenvalue weighted by molar-refractivity contribution is 7.09. The Morgan fingerprint density at radius 2 is 2.25 bits per heavy atom. The first-order valence-electron chi connectivity index (χ1n) is 6.12. The number of furan rings is 1. The van der Waals surface area contributed by atoms with E-state index < -0.39 is 5.97 Å². The van der Waals surface area contributed by atoms with Gasteiger partial charge in [0.25, 0.3) is 0 Å². The van der Waals surface area contributed by atoms with E-state index in [-0.39, 0.29) is 11.6 Å². The van der Waals surface area contributed by atoms with Crippen LogP contribution in [0.25, 0.3) is 0 Å². The van der Waals surface area contributed by atoms with E-state index in [1.165, 1.54) is 16.7 Å². The molecule has 0 atom stereocenters. The number of aromatic nitrogens is 1. The molecule has 0 aromatic carbocycles. The second-order valence-corrected chi connectivity index (χ2v) is 5.05. The van der Waals surface area contributed by atoms with Crippen molar-refractivity contribution in [2.45, 2.75) is 19.3 Å². The molecule has 2 N–H and O–H groups in total. The molecule has 7 heteroatoms. The van der Waals surface area contributed by atoms with Gasteiger partial charge in [0, 0.05) is 31.2 Å². The average molecular weight is 294 g/mol. The fourth-order valence-electron chi connectivity index (χ4n) is 1.61. The van der Waals surface area contributed by atoms with E-state index in [1.54, 1.807) is 12.3 Å². The molecule has 0 bridgehead atoms. The number of aromatic carboxylic acids is 1. The van der Waals surface area contributed by atoms with E-state index in [2.05, 4.69) is 10.3 Å². The van der Waals surface area contributed by atoms with Crippen molar-refractivity contribution in [3.8, 4) is 0 Å². The fourth-order valence-corrected chi connectivity index (χ4v) is 2.38. The van der Waals surface area contributed by atoms with E-state index in [0.29, 0.717) is 30.8 Å². The Kier molecular flexibility index (Phi) is 4.89. The van der Waals surface area contributed by atoms with Crippen molar-refractivity contribution in [1.29, 1.82) is 0 Å². The number of nitrogens with zero attached hydrogens (tertiary/aromatic N) is 1. The number of aryl methyl sites for hydroxylation is 1. The molecule has 0 radical (unpaired) electrons. The zero-order valence-electron chi connectivity index (χ0n) is 10.7. The van der Waals surface area contributed by atoms with Crippen molar-refractivity contribution in [3.63, 3.8) is 0 Å². The van der Waals surface area contributed by atoms with Gasteiger partial charge >= 0.3 is 5.97 Å². The maximum atomic E-state index is 11.6. The lowest BCUT2D eigenvalue weighted by molar-refractivity contribution is -0.121. The van der Waals surface area contributed by atoms with Gasteiger partial charge in [-0.15, -0.1) is 11.3 Å². The van der Waals surface area contributed by atoms with Crippen LogP contribution < -0.4 is 5.32 Å². The molecule has 1 amide bonds. The molecular weight excluding hydrogens is 280 g/mol. The van der Waals surface area contributed by atoms with Gasteiger partial charge in [-0.2, -0.15) is 0 Å². The first-order chi connectivity index (χ1) is 9.65. The van der Waals surface area contributed by atoms with Crippen molar-refractivity contribution in [3.05, 3.63) is 40.2 Å². The van der Waals surface area contributed by atoms with Gasteiger partial charge in [-0.05, 0) is 12.1 Å². The van der Waals surface area contributed by atoms with Crippen LogP contribution in [0.3, 0.4) is 0 Å². The Morgan fingerprint density at radius 3 is 2.90 bits per heavy atom. The molecule has 0 aliphatic rings. The molecule has 0 aliphatic heterocycles. The summed E-state index contributed by atoms with van der Waals surface area (Å²) in [7, 11) is 0. The van der Waals surface area contributed by atoms with E-state index in [9.17, 15) is 9.59 Å². The van der Waals surface area contributed by atoms with Crippen LogP contribution in [0.15, 0.2) is 28.2 Å². The molecule has 0 fully saturated rings. The second kappa shape index (κ2) is 6.85. The van der Waals surface area contributed by atoms with Crippen LogP contribution in [0.1, 0.15) is 27.7 Å². The van der Waals surface area contributed by atoms with E-state index in [1.807, 2.05) is 6.07 Å². The Labute approximate surface area is 119 Å². The highest BCUT2D eigenvalue weighted by atomic mass is 32.1. The number of amides is 1. The van der Waals surface area contributed by atoms with Gasteiger partial charge in [0.2, 0.25) is 5.91 Å². The molecule has 0 aliphatic carbocycles. The van der Waals surface area contributed by atoms with Gasteiger partial charge < -0.3 is 14.8 Å². The Morgan fingerprint density at radius 1 is 1.40 bits per heavy atom. The predicted octanol–water partition coefficient (Wildman–Crippen LogP) is 1.73. The Bertz CT molecular complexity index is 577. The number of carbonyl (C=O) groups is 2. The summed E-state index contributed by atoms with van der Waals surface area (Å²) >= 11 is 1.28. The lowest BCUT2D eigenvalue weighted by Gasteiger charge is -2.02. The second-order valence-electron chi connectivity index (χ2n) is 4.11. The molecule has 0 spiro atoms. The number of rotatable bonds is 7. The molecular formula is C13H14N2O4S. The number of carboxylic acids is 1. The van der Waals surface area contributed by atoms with Crippen LogP contribution in [0.4, 0.5) is 0 Å². The van der Waals surface area contributed by atoms with Gasteiger partial charge in [-0.1, -0.05) is 0 Å². The monoisotopic (exact) mass is 294 g/mol. The zero-order valence-corrected chi connectivity index (χ0v) is 11.5. The van der Waals surface area contributed by atoms with Gasteiger partial charge in [0.1, 0.15) is 5.76 Å². The molecule has 0 saturated carbocycles. The van der Waals surface area contributed by atoms with Crippen LogP contribution in [-0.2, 0) is 17.6 Å². The Hall–Kier alpha value is -2.15. The van der Waals surface area contributed by atoms with Crippen LogP contribution in [0.5, 0.6) is 0 Å². The van der Waals surface area contributed by atoms with Crippen molar-refractivity contribution in [2.24, 2.45) is 0 Å². The summed E-state index contributed by atoms with van der Waals surface area (Å²) in [4.78, 5) is 26.2. The molecule has 2 heterocycles. The van der Waals surface area contributed by atoms with Gasteiger partial charge in [-0.25, -0.2) is 9.78 Å². The van der Waals surface area contributed by atoms with Crippen molar-refractivity contribution in [2.75, 3.05) is 6.54 Å². The SMILES string of the molecule is O=C(CCc1ccco1)NCCc1nc(C(=O)O)cs1. The molecule has 2 aromatic rings. The van der Waals surface area contributed by atoms with Crippen LogP contribution >= 0.6 is 11.3 Å². The molecule has 106 valence electrons. The number of hydrogen-bond donors (Lipinski definition) is 2. The van der Waals surface area contributed by atoms with Gasteiger partial charge in [-0.3, -0.25) is 4.79 Å². The van der Waals surface area contributed by atoms with Crippen molar-refractivity contribution < 1.29 is 19.1 Å². The van der Waals surface area contributed by atoms with Gasteiger partial charge in [0.05, 0.1) is 11.3 Å². The van der Waals surface area contributed by atoms with E-state index in [4.69, 9.17) is 9.52 Å². The quantitative estimate of drug-likeness (QED) is 0.811. The van der Waals surface area contributed by atoms with Crippen LogP contribution in [0, 0.1) is 0 Å². The van der Waals surface area contributed by atoms with E-state index >= 15 is 0 Å². The molecule has 20 heavy (non-hydrogen) atoms. The topological polar surface area (TPSA) is 92.4 Å². The van der Waals surface area contributed by atoms with Crippen LogP contribution in [-0.4, -0.2) is 28.5 Å². The largest absolute Gasteiger partial charge is 0.476 e. The molecule has 0 saturated heterocycles. The van der Waals surface area contributed by atoms with Crippen molar-refractivity contribution >= 4 is 23.2 Å². The van der Waals surface area contributed by atoms with Crippen molar-refractivity contribution in [1.82, 2.24) is 10.3 Å². The number of hydrogen-bond acceptors (Lipinski definition) is 5. The zero-order chi connectivity index (χ0) is 14.4. The third-order valence-electron chi connectivity index (χ3n) is 2.61. The summed E-state index contributed by atoms with van der Waals surface area (Å²) in [5.74, 6) is -0.308. The number of carboxylic acid groups (broad SMARTS) is 1. The minimum absolute atomic E-state index is 0.0501. The third-order valence-corrected chi connectivity index (χ3v) is 3.52. The predicted molar refractivity (Wildman–Crippen MR) is 72.8 cm³/mol. The summed E-state index contributed by atoms with van der Waals surface area (Å²) in [5, 5.41) is 13.7. The highest BCUT2D eigenvalue weighted by Gasteiger charge is 2.09. The fraction of sp³-hybridized carbons (Fsp3) is 0.308. The molecule has 2 aromatic heterocycles. The number of carbonyl (C=O) groups excluding carboxylic acids is 1.